The summed E-state index contributed by atoms with van der Waals surface area (Å²) in [5.74, 6) is 0. The van der Waals surface area contributed by atoms with Crippen molar-refractivity contribution < 1.29 is 0 Å². The molecule has 29 heavy (non-hydrogen) atoms. The number of aromatic nitrogens is 2. The van der Waals surface area contributed by atoms with Crippen LogP contribution in [0.15, 0.2) is 28.5 Å². The van der Waals surface area contributed by atoms with Crippen molar-refractivity contribution in [3.05, 3.63) is 23.2 Å². The smallest absolute Gasteiger partial charge is 0.208 e. The van der Waals surface area contributed by atoms with Gasteiger partial charge in [0.05, 0.1) is 23.8 Å². The molecule has 2 aromatic rings. The molecule has 9 heteroatoms. The van der Waals surface area contributed by atoms with E-state index in [2.05, 4.69) is 65.5 Å². The van der Waals surface area contributed by atoms with Crippen molar-refractivity contribution in [1.29, 1.82) is 0 Å². The molecule has 3 heterocycles. The van der Waals surface area contributed by atoms with Crippen LogP contribution in [-0.2, 0) is 0 Å². The fourth-order valence-corrected chi connectivity index (χ4v) is 5.73. The zero-order valence-electron chi connectivity index (χ0n) is 17.6. The molecule has 0 bridgehead atoms. The highest BCUT2D eigenvalue weighted by Crippen LogP contribution is 2.38. The van der Waals surface area contributed by atoms with Crippen molar-refractivity contribution in [2.24, 2.45) is 10.3 Å². The first-order valence-electron chi connectivity index (χ1n) is 9.94. The van der Waals surface area contributed by atoms with Crippen LogP contribution in [0.3, 0.4) is 0 Å². The van der Waals surface area contributed by atoms with Crippen LogP contribution in [0, 0.1) is 0 Å². The van der Waals surface area contributed by atoms with E-state index in [0.717, 1.165) is 47.3 Å². The minimum Gasteiger partial charge on any atom is -0.347 e. The number of benzene rings is 1. The van der Waals surface area contributed by atoms with E-state index in [-0.39, 0.29) is 11.1 Å². The van der Waals surface area contributed by atoms with Gasteiger partial charge in [0.15, 0.2) is 5.01 Å². The first kappa shape index (κ1) is 20.5. The van der Waals surface area contributed by atoms with Gasteiger partial charge in [0.2, 0.25) is 5.13 Å². The van der Waals surface area contributed by atoms with Crippen molar-refractivity contribution in [2.75, 3.05) is 30.0 Å². The minimum absolute atomic E-state index is 0.0836. The Labute approximate surface area is 181 Å². The Kier molecular flexibility index (Phi) is 5.29. The molecule has 0 saturated carbocycles. The van der Waals surface area contributed by atoms with E-state index < -0.39 is 0 Å². The molecule has 4 rings (SSSR count). The van der Waals surface area contributed by atoms with Crippen LogP contribution >= 0.6 is 22.9 Å². The number of hydrogen-bond acceptors (Lipinski definition) is 8. The number of piperidine rings is 1. The van der Waals surface area contributed by atoms with Gasteiger partial charge in [-0.25, -0.2) is 5.01 Å². The summed E-state index contributed by atoms with van der Waals surface area (Å²) in [4.78, 5) is 2.28. The lowest BCUT2D eigenvalue weighted by Gasteiger charge is -2.48. The number of anilines is 2. The van der Waals surface area contributed by atoms with E-state index in [9.17, 15) is 0 Å². The molecule has 1 aromatic carbocycles. The van der Waals surface area contributed by atoms with Gasteiger partial charge in [-0.15, -0.1) is 10.2 Å². The number of nitrogens with zero attached hydrogens (tertiary/aromatic N) is 6. The third-order valence-electron chi connectivity index (χ3n) is 5.50. The highest BCUT2D eigenvalue weighted by molar-refractivity contribution is 7.18. The van der Waals surface area contributed by atoms with E-state index in [1.807, 2.05) is 23.2 Å². The van der Waals surface area contributed by atoms with Gasteiger partial charge in [0, 0.05) is 29.7 Å². The molecule has 0 amide bonds. The Morgan fingerprint density at radius 1 is 1.17 bits per heavy atom. The first-order valence-corrected chi connectivity index (χ1v) is 11.1. The molecule has 2 aliphatic heterocycles. The fourth-order valence-electron chi connectivity index (χ4n) is 4.49. The summed E-state index contributed by atoms with van der Waals surface area (Å²) in [6.45, 7) is 10.6. The summed E-state index contributed by atoms with van der Waals surface area (Å²) in [6.07, 6.45) is 2.11. The lowest BCUT2D eigenvalue weighted by molar-refractivity contribution is 0.161. The van der Waals surface area contributed by atoms with Crippen molar-refractivity contribution >= 4 is 33.8 Å². The second kappa shape index (κ2) is 7.49. The van der Waals surface area contributed by atoms with Gasteiger partial charge in [-0.3, -0.25) is 0 Å². The van der Waals surface area contributed by atoms with Crippen molar-refractivity contribution in [1.82, 2.24) is 15.5 Å². The third-order valence-corrected chi connectivity index (χ3v) is 6.86. The van der Waals surface area contributed by atoms with E-state index in [4.69, 9.17) is 11.6 Å². The molecule has 1 aromatic heterocycles. The van der Waals surface area contributed by atoms with Gasteiger partial charge >= 0.3 is 0 Å². The van der Waals surface area contributed by atoms with Crippen LogP contribution in [0.25, 0.3) is 10.6 Å². The molecule has 7 nitrogen and oxygen atoms in total. The number of halogens is 1. The van der Waals surface area contributed by atoms with Crippen molar-refractivity contribution in [2.45, 2.75) is 57.7 Å². The molecule has 2 aliphatic rings. The molecule has 1 fully saturated rings. The molecule has 1 N–H and O–H groups in total. The summed E-state index contributed by atoms with van der Waals surface area (Å²) in [5, 5.41) is 25.0. The van der Waals surface area contributed by atoms with Gasteiger partial charge in [-0.05, 0) is 58.7 Å². The lowest BCUT2D eigenvalue weighted by atomic mass is 9.79. The van der Waals surface area contributed by atoms with Crippen LogP contribution in [0.2, 0.25) is 5.02 Å². The highest BCUT2D eigenvalue weighted by Gasteiger charge is 2.39. The average Bonchev–Trinajstić information content (AvgIpc) is 3.30. The molecule has 156 valence electrons. The van der Waals surface area contributed by atoms with Crippen molar-refractivity contribution in [3.8, 4) is 10.6 Å². The normalized spacial score (nSPS) is 21.0. The van der Waals surface area contributed by atoms with Gasteiger partial charge in [-0.1, -0.05) is 28.2 Å². The lowest BCUT2D eigenvalue weighted by Crippen LogP contribution is -2.61. The van der Waals surface area contributed by atoms with Crippen LogP contribution in [-0.4, -0.2) is 47.5 Å². The Balaban J connectivity index is 1.54. The predicted octanol–water partition coefficient (Wildman–Crippen LogP) is 4.79. The maximum atomic E-state index is 6.57. The number of nitrogens with one attached hydrogen (secondary N) is 1. The van der Waals surface area contributed by atoms with Gasteiger partial charge in [0.25, 0.3) is 0 Å². The fraction of sp³-hybridized carbons (Fsp3) is 0.600. The van der Waals surface area contributed by atoms with E-state index in [1.165, 1.54) is 0 Å². The number of rotatable bonds is 4. The standard InChI is InChI=1S/C20H28ClN7S/c1-19(2)11-14(12-20(3,4)25-19)27(5)18-24-23-17(29-18)15-7-6-13(10-16(15)21)28-9-8-22-26-28/h6-7,10,14,25H,8-9,11-12H2,1-5H3. The first-order chi connectivity index (χ1) is 13.6. The van der Waals surface area contributed by atoms with Crippen LogP contribution in [0.4, 0.5) is 10.8 Å². The molecule has 0 unspecified atom stereocenters. The maximum Gasteiger partial charge on any atom is 0.208 e. The summed E-state index contributed by atoms with van der Waals surface area (Å²) < 4.78 is 0. The summed E-state index contributed by atoms with van der Waals surface area (Å²) in [7, 11) is 2.12. The van der Waals surface area contributed by atoms with Crippen LogP contribution in [0.5, 0.6) is 0 Å². The largest absolute Gasteiger partial charge is 0.347 e. The van der Waals surface area contributed by atoms with Gasteiger partial charge in [-0.2, -0.15) is 5.11 Å². The molecular weight excluding hydrogens is 406 g/mol. The highest BCUT2D eigenvalue weighted by atomic mass is 35.5. The zero-order chi connectivity index (χ0) is 20.8. The zero-order valence-corrected chi connectivity index (χ0v) is 19.2. The SMILES string of the molecule is CN(c1nnc(-c2ccc(N3CCN=N3)cc2Cl)s1)C1CC(C)(C)NC(C)(C)C1. The summed E-state index contributed by atoms with van der Waals surface area (Å²) in [5.41, 5.74) is 2.01. The Morgan fingerprint density at radius 2 is 1.90 bits per heavy atom. The minimum atomic E-state index is 0.0836. The Bertz CT molecular complexity index is 907. The van der Waals surface area contributed by atoms with Gasteiger partial charge in [0.1, 0.15) is 0 Å². The molecular formula is C20H28ClN7S. The maximum absolute atomic E-state index is 6.57. The van der Waals surface area contributed by atoms with E-state index in [1.54, 1.807) is 11.3 Å². The van der Waals surface area contributed by atoms with E-state index in [0.29, 0.717) is 11.1 Å². The predicted molar refractivity (Wildman–Crippen MR) is 120 cm³/mol. The number of hydrogen-bond donors (Lipinski definition) is 1. The topological polar surface area (TPSA) is 69.0 Å². The molecule has 1 saturated heterocycles. The van der Waals surface area contributed by atoms with Gasteiger partial charge < -0.3 is 10.2 Å². The van der Waals surface area contributed by atoms with E-state index >= 15 is 0 Å². The molecule has 0 aliphatic carbocycles. The summed E-state index contributed by atoms with van der Waals surface area (Å²) >= 11 is 8.16. The van der Waals surface area contributed by atoms with Crippen LogP contribution < -0.4 is 15.2 Å². The third kappa shape index (κ3) is 4.39. The van der Waals surface area contributed by atoms with Crippen molar-refractivity contribution in [3.63, 3.8) is 0 Å². The second-order valence-corrected chi connectivity index (χ2v) is 10.6. The summed E-state index contributed by atoms with van der Waals surface area (Å²) in [6, 6.07) is 6.32. The second-order valence-electron chi connectivity index (χ2n) is 9.20. The molecule has 0 atom stereocenters. The molecule has 0 radical (unpaired) electrons. The Morgan fingerprint density at radius 3 is 2.52 bits per heavy atom. The quantitative estimate of drug-likeness (QED) is 0.750. The Hall–Kier alpha value is -1.77. The van der Waals surface area contributed by atoms with Crippen LogP contribution in [0.1, 0.15) is 40.5 Å². The monoisotopic (exact) mass is 433 g/mol. The molecule has 0 spiro atoms. The average molecular weight is 434 g/mol.